The van der Waals surface area contributed by atoms with Gasteiger partial charge in [0.15, 0.2) is 0 Å². The topological polar surface area (TPSA) is 52.6 Å². The van der Waals surface area contributed by atoms with Gasteiger partial charge in [0.1, 0.15) is 0 Å². The van der Waals surface area contributed by atoms with Crippen LogP contribution < -0.4 is 10.2 Å². The molecule has 2 N–H and O–H groups in total. The van der Waals surface area contributed by atoms with Gasteiger partial charge >= 0.3 is 5.97 Å². The Morgan fingerprint density at radius 2 is 2.11 bits per heavy atom. The van der Waals surface area contributed by atoms with E-state index in [-0.39, 0.29) is 0 Å². The lowest BCUT2D eigenvalue weighted by atomic mass is 10.0. The summed E-state index contributed by atoms with van der Waals surface area (Å²) < 4.78 is 0. The number of hydrogen-bond donors (Lipinski definition) is 2. The van der Waals surface area contributed by atoms with Crippen LogP contribution in [0.4, 0.5) is 5.69 Å². The van der Waals surface area contributed by atoms with Crippen LogP contribution in [-0.2, 0) is 0 Å². The summed E-state index contributed by atoms with van der Waals surface area (Å²) in [6.07, 6.45) is 2.14. The highest BCUT2D eigenvalue weighted by Gasteiger charge is 2.23. The fourth-order valence-electron chi connectivity index (χ4n) is 2.80. The van der Waals surface area contributed by atoms with E-state index in [9.17, 15) is 9.90 Å². The van der Waals surface area contributed by atoms with Crippen molar-refractivity contribution in [3.8, 4) is 0 Å². The van der Waals surface area contributed by atoms with Gasteiger partial charge in [-0.25, -0.2) is 4.79 Å². The SMILES string of the molecule is CCN(c1cc(C)ccc1C(=O)O)C1CCNCC1. The fraction of sp³-hybridized carbons (Fsp3) is 0.533. The third-order valence-electron chi connectivity index (χ3n) is 3.78. The first-order valence-electron chi connectivity index (χ1n) is 6.94. The second-order valence-electron chi connectivity index (χ2n) is 5.09. The second kappa shape index (κ2) is 6.06. The van der Waals surface area contributed by atoms with Crippen molar-refractivity contribution in [2.45, 2.75) is 32.7 Å². The zero-order valence-electron chi connectivity index (χ0n) is 11.6. The standard InChI is InChI=1S/C15H22N2O2/c1-3-17(12-6-8-16-9-7-12)14-10-11(2)4-5-13(14)15(18)19/h4-5,10,12,16H,3,6-9H2,1-2H3,(H,18,19). The number of hydrogen-bond acceptors (Lipinski definition) is 3. The van der Waals surface area contributed by atoms with Crippen molar-refractivity contribution in [2.24, 2.45) is 0 Å². The van der Waals surface area contributed by atoms with Gasteiger partial charge in [-0.3, -0.25) is 0 Å². The van der Waals surface area contributed by atoms with E-state index in [4.69, 9.17) is 0 Å². The van der Waals surface area contributed by atoms with Crippen molar-refractivity contribution in [1.29, 1.82) is 0 Å². The predicted octanol–water partition coefficient (Wildman–Crippen LogP) is 2.27. The largest absolute Gasteiger partial charge is 0.478 e. The van der Waals surface area contributed by atoms with Crippen molar-refractivity contribution in [2.75, 3.05) is 24.5 Å². The van der Waals surface area contributed by atoms with E-state index in [2.05, 4.69) is 17.1 Å². The number of aryl methyl sites for hydroxylation is 1. The summed E-state index contributed by atoms with van der Waals surface area (Å²) in [5, 5.41) is 12.7. The number of anilines is 1. The molecule has 1 aromatic carbocycles. The molecule has 2 rings (SSSR count). The Morgan fingerprint density at radius 1 is 1.42 bits per heavy atom. The Bertz CT molecular complexity index is 453. The molecule has 1 saturated heterocycles. The van der Waals surface area contributed by atoms with Gasteiger partial charge in [0.2, 0.25) is 0 Å². The van der Waals surface area contributed by atoms with Crippen LogP contribution in [-0.4, -0.2) is 36.8 Å². The number of carboxylic acid groups (broad SMARTS) is 1. The normalized spacial score (nSPS) is 16.3. The molecule has 1 aliphatic rings. The van der Waals surface area contributed by atoms with Crippen LogP contribution in [0.1, 0.15) is 35.7 Å². The fourth-order valence-corrected chi connectivity index (χ4v) is 2.80. The Kier molecular flexibility index (Phi) is 4.43. The zero-order valence-corrected chi connectivity index (χ0v) is 11.6. The zero-order chi connectivity index (χ0) is 13.8. The van der Waals surface area contributed by atoms with Crippen LogP contribution in [0.2, 0.25) is 0 Å². The lowest BCUT2D eigenvalue weighted by Crippen LogP contribution is -2.43. The highest BCUT2D eigenvalue weighted by molar-refractivity contribution is 5.94. The number of nitrogens with zero attached hydrogens (tertiary/aromatic N) is 1. The third-order valence-corrected chi connectivity index (χ3v) is 3.78. The molecular weight excluding hydrogens is 240 g/mol. The van der Waals surface area contributed by atoms with Crippen LogP contribution in [0, 0.1) is 6.92 Å². The van der Waals surface area contributed by atoms with Crippen LogP contribution in [0.5, 0.6) is 0 Å². The van der Waals surface area contributed by atoms with Crippen LogP contribution >= 0.6 is 0 Å². The summed E-state index contributed by atoms with van der Waals surface area (Å²) in [7, 11) is 0. The van der Waals surface area contributed by atoms with Gasteiger partial charge in [0, 0.05) is 12.6 Å². The highest BCUT2D eigenvalue weighted by atomic mass is 16.4. The highest BCUT2D eigenvalue weighted by Crippen LogP contribution is 2.27. The predicted molar refractivity (Wildman–Crippen MR) is 77.1 cm³/mol. The average Bonchev–Trinajstić information content (AvgIpc) is 2.40. The molecule has 0 unspecified atom stereocenters. The monoisotopic (exact) mass is 262 g/mol. The molecule has 0 aliphatic carbocycles. The molecule has 0 amide bonds. The molecule has 4 nitrogen and oxygen atoms in total. The molecule has 19 heavy (non-hydrogen) atoms. The van der Waals surface area contributed by atoms with Crippen molar-refractivity contribution < 1.29 is 9.90 Å². The average molecular weight is 262 g/mol. The molecule has 0 atom stereocenters. The van der Waals surface area contributed by atoms with Gasteiger partial charge < -0.3 is 15.3 Å². The lowest BCUT2D eigenvalue weighted by Gasteiger charge is -2.36. The van der Waals surface area contributed by atoms with Crippen molar-refractivity contribution >= 4 is 11.7 Å². The Morgan fingerprint density at radius 3 is 2.68 bits per heavy atom. The van der Waals surface area contributed by atoms with Gasteiger partial charge in [-0.05, 0) is 57.5 Å². The minimum Gasteiger partial charge on any atom is -0.478 e. The molecule has 0 spiro atoms. The maximum absolute atomic E-state index is 11.4. The second-order valence-corrected chi connectivity index (χ2v) is 5.09. The van der Waals surface area contributed by atoms with E-state index in [1.165, 1.54) is 0 Å². The van der Waals surface area contributed by atoms with Crippen LogP contribution in [0.15, 0.2) is 18.2 Å². The molecular formula is C15H22N2O2. The molecule has 4 heteroatoms. The molecule has 104 valence electrons. The number of piperidine rings is 1. The first-order chi connectivity index (χ1) is 9.13. The number of carbonyl (C=O) groups is 1. The maximum atomic E-state index is 11.4. The summed E-state index contributed by atoms with van der Waals surface area (Å²) >= 11 is 0. The summed E-state index contributed by atoms with van der Waals surface area (Å²) in [5.74, 6) is -0.845. The molecule has 1 fully saturated rings. The number of rotatable bonds is 4. The van der Waals surface area contributed by atoms with Crippen molar-refractivity contribution in [3.05, 3.63) is 29.3 Å². The van der Waals surface area contributed by atoms with E-state index in [1.54, 1.807) is 6.07 Å². The molecule has 0 saturated carbocycles. The Balaban J connectivity index is 2.35. The smallest absolute Gasteiger partial charge is 0.337 e. The number of carboxylic acids is 1. The van der Waals surface area contributed by atoms with Crippen molar-refractivity contribution in [3.63, 3.8) is 0 Å². The van der Waals surface area contributed by atoms with Gasteiger partial charge in [0.25, 0.3) is 0 Å². The minimum absolute atomic E-state index is 0.408. The van der Waals surface area contributed by atoms with Gasteiger partial charge in [0.05, 0.1) is 11.3 Å². The van der Waals surface area contributed by atoms with Gasteiger partial charge in [-0.2, -0.15) is 0 Å². The van der Waals surface area contributed by atoms with Gasteiger partial charge in [-0.1, -0.05) is 6.07 Å². The van der Waals surface area contributed by atoms with E-state index in [0.717, 1.165) is 43.7 Å². The van der Waals surface area contributed by atoms with Crippen LogP contribution in [0.3, 0.4) is 0 Å². The number of aromatic carboxylic acids is 1. The van der Waals surface area contributed by atoms with Gasteiger partial charge in [-0.15, -0.1) is 0 Å². The summed E-state index contributed by atoms with van der Waals surface area (Å²) in [6, 6.07) is 6.01. The van der Waals surface area contributed by atoms with Crippen LogP contribution in [0.25, 0.3) is 0 Å². The molecule has 0 bridgehead atoms. The quantitative estimate of drug-likeness (QED) is 0.874. The van der Waals surface area contributed by atoms with E-state index in [0.29, 0.717) is 11.6 Å². The third kappa shape index (κ3) is 3.07. The Labute approximate surface area is 114 Å². The summed E-state index contributed by atoms with van der Waals surface area (Å²) in [6.45, 7) is 6.96. The molecule has 0 aromatic heterocycles. The van der Waals surface area contributed by atoms with E-state index >= 15 is 0 Å². The molecule has 1 aromatic rings. The first-order valence-corrected chi connectivity index (χ1v) is 6.94. The molecule has 1 aliphatic heterocycles. The summed E-state index contributed by atoms with van der Waals surface area (Å²) in [5.41, 5.74) is 2.38. The van der Waals surface area contributed by atoms with E-state index < -0.39 is 5.97 Å². The summed E-state index contributed by atoms with van der Waals surface area (Å²) in [4.78, 5) is 13.6. The molecule has 0 radical (unpaired) electrons. The molecule has 1 heterocycles. The lowest BCUT2D eigenvalue weighted by molar-refractivity contribution is 0.0697. The maximum Gasteiger partial charge on any atom is 0.337 e. The number of benzene rings is 1. The van der Waals surface area contributed by atoms with E-state index in [1.807, 2.05) is 19.1 Å². The Hall–Kier alpha value is -1.55. The van der Waals surface area contributed by atoms with Crippen molar-refractivity contribution in [1.82, 2.24) is 5.32 Å². The minimum atomic E-state index is -0.845. The number of nitrogens with one attached hydrogen (secondary N) is 1. The first kappa shape index (κ1) is 13.9.